The highest BCUT2D eigenvalue weighted by atomic mass is 16.2. The van der Waals surface area contributed by atoms with E-state index >= 15 is 0 Å². The van der Waals surface area contributed by atoms with Crippen LogP contribution < -0.4 is 10.2 Å². The number of benzene rings is 2. The number of hydrogen-bond donors (Lipinski definition) is 1. The summed E-state index contributed by atoms with van der Waals surface area (Å²) < 4.78 is 0. The van der Waals surface area contributed by atoms with Gasteiger partial charge in [-0.05, 0) is 18.2 Å². The zero-order valence-electron chi connectivity index (χ0n) is 14.6. The van der Waals surface area contributed by atoms with Crippen molar-refractivity contribution in [1.82, 2.24) is 10.2 Å². The molecule has 1 aliphatic heterocycles. The fourth-order valence-corrected chi connectivity index (χ4v) is 3.16. The summed E-state index contributed by atoms with van der Waals surface area (Å²) in [5, 5.41) is 4.30. The van der Waals surface area contributed by atoms with Gasteiger partial charge in [-0.2, -0.15) is 0 Å². The van der Waals surface area contributed by atoms with E-state index in [2.05, 4.69) is 5.32 Å². The van der Waals surface area contributed by atoms with Gasteiger partial charge in [0.15, 0.2) is 0 Å². The minimum absolute atomic E-state index is 0.102. The maximum absolute atomic E-state index is 12.8. The molecule has 0 aromatic heterocycles. The van der Waals surface area contributed by atoms with Gasteiger partial charge < -0.3 is 10.2 Å². The molecule has 0 unspecified atom stereocenters. The molecule has 0 bridgehead atoms. The summed E-state index contributed by atoms with van der Waals surface area (Å²) in [6.45, 7) is 2.17. The highest BCUT2D eigenvalue weighted by Crippen LogP contribution is 2.35. The summed E-state index contributed by atoms with van der Waals surface area (Å²) >= 11 is 0. The average molecular weight is 339 g/mol. The standard InChI is InChI=1S/C19H21N3O3/c1-4-16(23)20-10-11-22-18(24)13-7-5-6-12-15(21(2)3)9-8-14(17(12)13)19(22)25/h5-9H,4,10-11H2,1-3H3,(H,20,23). The largest absolute Gasteiger partial charge is 0.377 e. The van der Waals surface area contributed by atoms with Crippen LogP contribution in [0.2, 0.25) is 0 Å². The molecule has 0 radical (unpaired) electrons. The van der Waals surface area contributed by atoms with E-state index in [1.54, 1.807) is 19.1 Å². The maximum Gasteiger partial charge on any atom is 0.261 e. The van der Waals surface area contributed by atoms with E-state index in [1.165, 1.54) is 4.90 Å². The first-order valence-electron chi connectivity index (χ1n) is 8.31. The first-order chi connectivity index (χ1) is 12.0. The van der Waals surface area contributed by atoms with E-state index in [9.17, 15) is 14.4 Å². The van der Waals surface area contributed by atoms with Gasteiger partial charge in [0.05, 0.1) is 0 Å². The second kappa shape index (κ2) is 6.55. The Morgan fingerprint density at radius 2 is 1.76 bits per heavy atom. The summed E-state index contributed by atoms with van der Waals surface area (Å²) in [5.41, 5.74) is 2.01. The van der Waals surface area contributed by atoms with Crippen molar-refractivity contribution < 1.29 is 14.4 Å². The van der Waals surface area contributed by atoms with E-state index in [0.29, 0.717) is 22.9 Å². The summed E-state index contributed by atoms with van der Waals surface area (Å²) in [5.74, 6) is -0.732. The number of rotatable bonds is 5. The van der Waals surface area contributed by atoms with E-state index in [4.69, 9.17) is 0 Å². The molecule has 0 saturated heterocycles. The van der Waals surface area contributed by atoms with Crippen LogP contribution in [0.5, 0.6) is 0 Å². The number of carbonyl (C=O) groups is 3. The zero-order valence-corrected chi connectivity index (χ0v) is 14.6. The minimum atomic E-state index is -0.315. The lowest BCUT2D eigenvalue weighted by molar-refractivity contribution is -0.120. The highest BCUT2D eigenvalue weighted by molar-refractivity contribution is 6.26. The lowest BCUT2D eigenvalue weighted by Gasteiger charge is -2.28. The Morgan fingerprint density at radius 1 is 1.08 bits per heavy atom. The second-order valence-corrected chi connectivity index (χ2v) is 6.22. The first kappa shape index (κ1) is 17.0. The van der Waals surface area contributed by atoms with Crippen molar-refractivity contribution in [2.75, 3.05) is 32.1 Å². The molecule has 3 amide bonds. The van der Waals surface area contributed by atoms with Crippen LogP contribution in [0.1, 0.15) is 34.1 Å². The minimum Gasteiger partial charge on any atom is -0.377 e. The van der Waals surface area contributed by atoms with E-state index in [0.717, 1.165) is 11.1 Å². The summed E-state index contributed by atoms with van der Waals surface area (Å²) in [6, 6.07) is 9.17. The molecule has 0 saturated carbocycles. The molecule has 1 heterocycles. The van der Waals surface area contributed by atoms with Crippen LogP contribution in [0.4, 0.5) is 5.69 Å². The summed E-state index contributed by atoms with van der Waals surface area (Å²) in [4.78, 5) is 40.2. The number of hydrogen-bond acceptors (Lipinski definition) is 4. The highest BCUT2D eigenvalue weighted by Gasteiger charge is 2.33. The first-order valence-corrected chi connectivity index (χ1v) is 8.31. The molecule has 6 heteroatoms. The van der Waals surface area contributed by atoms with Gasteiger partial charge in [0, 0.05) is 61.2 Å². The molecule has 130 valence electrons. The van der Waals surface area contributed by atoms with Gasteiger partial charge in [-0.3, -0.25) is 19.3 Å². The molecular formula is C19H21N3O3. The Hall–Kier alpha value is -2.89. The Labute approximate surface area is 146 Å². The second-order valence-electron chi connectivity index (χ2n) is 6.22. The maximum atomic E-state index is 12.8. The third-order valence-corrected chi connectivity index (χ3v) is 4.43. The monoisotopic (exact) mass is 339 g/mol. The van der Waals surface area contributed by atoms with Crippen LogP contribution in [0, 0.1) is 0 Å². The molecule has 3 rings (SSSR count). The number of amides is 3. The van der Waals surface area contributed by atoms with Crippen LogP contribution in [0.15, 0.2) is 30.3 Å². The number of carbonyl (C=O) groups excluding carboxylic acids is 3. The van der Waals surface area contributed by atoms with Crippen molar-refractivity contribution in [2.24, 2.45) is 0 Å². The van der Waals surface area contributed by atoms with Crippen molar-refractivity contribution in [3.05, 3.63) is 41.5 Å². The Morgan fingerprint density at radius 3 is 2.40 bits per heavy atom. The van der Waals surface area contributed by atoms with Gasteiger partial charge in [-0.15, -0.1) is 0 Å². The van der Waals surface area contributed by atoms with Crippen molar-refractivity contribution >= 4 is 34.2 Å². The Kier molecular flexibility index (Phi) is 4.44. The molecule has 0 spiro atoms. The number of nitrogens with zero attached hydrogens (tertiary/aromatic N) is 2. The Balaban J connectivity index is 2.00. The normalized spacial score (nSPS) is 13.3. The molecule has 2 aromatic carbocycles. The molecule has 2 aromatic rings. The van der Waals surface area contributed by atoms with Gasteiger partial charge in [0.2, 0.25) is 5.91 Å². The van der Waals surface area contributed by atoms with Gasteiger partial charge in [0.25, 0.3) is 11.8 Å². The van der Waals surface area contributed by atoms with Crippen molar-refractivity contribution in [2.45, 2.75) is 13.3 Å². The molecule has 6 nitrogen and oxygen atoms in total. The predicted octanol–water partition coefficient (Wildman–Crippen LogP) is 2.03. The molecule has 1 N–H and O–H groups in total. The van der Waals surface area contributed by atoms with Crippen LogP contribution in [0.3, 0.4) is 0 Å². The number of nitrogens with one attached hydrogen (secondary N) is 1. The van der Waals surface area contributed by atoms with Gasteiger partial charge in [-0.1, -0.05) is 19.1 Å². The fraction of sp³-hybridized carbons (Fsp3) is 0.316. The number of imide groups is 1. The van der Waals surface area contributed by atoms with E-state index in [1.807, 2.05) is 37.2 Å². The molecule has 25 heavy (non-hydrogen) atoms. The van der Waals surface area contributed by atoms with Crippen LogP contribution in [-0.2, 0) is 4.79 Å². The quantitative estimate of drug-likeness (QED) is 0.846. The van der Waals surface area contributed by atoms with Crippen molar-refractivity contribution in [3.8, 4) is 0 Å². The van der Waals surface area contributed by atoms with Gasteiger partial charge in [-0.25, -0.2) is 0 Å². The summed E-state index contributed by atoms with van der Waals surface area (Å²) in [7, 11) is 3.86. The molecular weight excluding hydrogens is 318 g/mol. The average Bonchev–Trinajstić information content (AvgIpc) is 2.61. The third kappa shape index (κ3) is 2.84. The smallest absolute Gasteiger partial charge is 0.261 e. The van der Waals surface area contributed by atoms with Crippen LogP contribution in [0.25, 0.3) is 10.8 Å². The SMILES string of the molecule is CCC(=O)NCCN1C(=O)c2cccc3c(N(C)C)ccc(c23)C1=O. The molecule has 1 aliphatic rings. The summed E-state index contributed by atoms with van der Waals surface area (Å²) in [6.07, 6.45) is 0.372. The third-order valence-electron chi connectivity index (χ3n) is 4.43. The van der Waals surface area contributed by atoms with Gasteiger partial charge >= 0.3 is 0 Å². The van der Waals surface area contributed by atoms with Crippen LogP contribution >= 0.6 is 0 Å². The van der Waals surface area contributed by atoms with Gasteiger partial charge in [0.1, 0.15) is 0 Å². The van der Waals surface area contributed by atoms with Crippen molar-refractivity contribution in [1.29, 1.82) is 0 Å². The molecule has 0 atom stereocenters. The van der Waals surface area contributed by atoms with Crippen molar-refractivity contribution in [3.63, 3.8) is 0 Å². The Bertz CT molecular complexity index is 851. The number of anilines is 1. The zero-order chi connectivity index (χ0) is 18.1. The topological polar surface area (TPSA) is 69.7 Å². The van der Waals surface area contributed by atoms with E-state index in [-0.39, 0.29) is 30.8 Å². The molecule has 0 fully saturated rings. The van der Waals surface area contributed by atoms with Crippen LogP contribution in [-0.4, -0.2) is 49.8 Å². The fourth-order valence-electron chi connectivity index (χ4n) is 3.16. The lowest BCUT2D eigenvalue weighted by Crippen LogP contribution is -2.44. The van der Waals surface area contributed by atoms with E-state index < -0.39 is 0 Å². The lowest BCUT2D eigenvalue weighted by atomic mass is 9.93. The predicted molar refractivity (Wildman–Crippen MR) is 96.9 cm³/mol. The molecule has 0 aliphatic carbocycles.